The summed E-state index contributed by atoms with van der Waals surface area (Å²) in [5, 5.41) is 5.45. The Kier molecular flexibility index (Phi) is 4.20. The van der Waals surface area contributed by atoms with Crippen LogP contribution in [0.15, 0.2) is 30.7 Å². The van der Waals surface area contributed by atoms with Crippen molar-refractivity contribution in [3.63, 3.8) is 0 Å². The quantitative estimate of drug-likeness (QED) is 0.391. The Balaban J connectivity index is 1.81. The molecule has 1 aromatic carbocycles. The first-order valence-electron chi connectivity index (χ1n) is 8.30. The van der Waals surface area contributed by atoms with Crippen LogP contribution in [0.25, 0.3) is 17.2 Å². The lowest BCUT2D eigenvalue weighted by Crippen LogP contribution is -2.21. The fourth-order valence-corrected chi connectivity index (χ4v) is 3.07. The maximum absolute atomic E-state index is 14.5. The number of fused-ring (bicyclic) bond motifs is 1. The van der Waals surface area contributed by atoms with E-state index in [2.05, 4.69) is 25.1 Å². The van der Waals surface area contributed by atoms with Gasteiger partial charge in [0.15, 0.2) is 11.5 Å². The van der Waals surface area contributed by atoms with Crippen molar-refractivity contribution >= 4 is 32.3 Å². The molecule has 0 radical (unpaired) electrons. The van der Waals surface area contributed by atoms with Crippen LogP contribution in [0.2, 0.25) is 0 Å². The number of halogens is 4. The van der Waals surface area contributed by atoms with E-state index in [0.29, 0.717) is 16.9 Å². The topological polar surface area (TPSA) is 71.8 Å². The van der Waals surface area contributed by atoms with Crippen molar-refractivity contribution in [2.24, 2.45) is 0 Å². The Morgan fingerprint density at radius 3 is 2.61 bits per heavy atom. The molecule has 4 rings (SSSR count). The molecule has 12 heteroatoms. The van der Waals surface area contributed by atoms with Gasteiger partial charge in [0.1, 0.15) is 27.2 Å². The van der Waals surface area contributed by atoms with Crippen molar-refractivity contribution in [1.29, 1.82) is 0 Å². The summed E-state index contributed by atoms with van der Waals surface area (Å²) in [6, 6.07) is 3.29. The van der Waals surface area contributed by atoms with Crippen LogP contribution in [-0.4, -0.2) is 45.2 Å². The molecule has 0 bridgehead atoms. The molecule has 0 fully saturated rings. The molecule has 0 aliphatic carbocycles. The standard InChI is InChI=1S/C16H12B2F4N6/c17-7-3-9(18)8(10(19)4-7)5-11-14-23-1-2-28(14)6-12(24-11)13-25-15(27-26-13)16(20,21)22/h1-4,6H,5,17-18H2,(H,25,26,27). The summed E-state index contributed by atoms with van der Waals surface area (Å²) in [6.45, 7) is 0. The molecule has 3 aromatic heterocycles. The fraction of sp³-hybridized carbons (Fsp3) is 0.125. The highest BCUT2D eigenvalue weighted by Crippen LogP contribution is 2.27. The van der Waals surface area contributed by atoms with Crippen molar-refractivity contribution in [2.45, 2.75) is 12.6 Å². The van der Waals surface area contributed by atoms with Crippen molar-refractivity contribution in [3.8, 4) is 11.5 Å². The van der Waals surface area contributed by atoms with Crippen molar-refractivity contribution in [3.05, 3.63) is 53.6 Å². The summed E-state index contributed by atoms with van der Waals surface area (Å²) >= 11 is 0. The minimum atomic E-state index is -4.67. The Labute approximate surface area is 157 Å². The number of imidazole rings is 1. The molecule has 140 valence electrons. The third-order valence-electron chi connectivity index (χ3n) is 4.33. The third-order valence-corrected chi connectivity index (χ3v) is 4.33. The van der Waals surface area contributed by atoms with Crippen LogP contribution >= 0.6 is 0 Å². The van der Waals surface area contributed by atoms with Gasteiger partial charge in [-0.1, -0.05) is 17.0 Å². The summed E-state index contributed by atoms with van der Waals surface area (Å²) in [7, 11) is 3.60. The second kappa shape index (κ2) is 6.47. The van der Waals surface area contributed by atoms with Crippen molar-refractivity contribution in [1.82, 2.24) is 29.5 Å². The molecule has 0 spiro atoms. The molecule has 1 N–H and O–H groups in total. The fourth-order valence-electron chi connectivity index (χ4n) is 3.07. The van der Waals surface area contributed by atoms with Gasteiger partial charge in [-0.2, -0.15) is 13.2 Å². The van der Waals surface area contributed by atoms with Gasteiger partial charge >= 0.3 is 6.18 Å². The van der Waals surface area contributed by atoms with Gasteiger partial charge in [0, 0.05) is 25.0 Å². The average Bonchev–Trinajstić information content (AvgIpc) is 3.26. The summed E-state index contributed by atoms with van der Waals surface area (Å²) in [4.78, 5) is 12.1. The van der Waals surface area contributed by atoms with Gasteiger partial charge in [-0.15, -0.1) is 5.10 Å². The smallest absolute Gasteiger partial charge is 0.303 e. The lowest BCUT2D eigenvalue weighted by molar-refractivity contribution is -0.144. The lowest BCUT2D eigenvalue weighted by atomic mass is 9.82. The van der Waals surface area contributed by atoms with Crippen LogP contribution in [0, 0.1) is 5.82 Å². The van der Waals surface area contributed by atoms with E-state index in [-0.39, 0.29) is 23.8 Å². The number of nitrogens with one attached hydrogen (secondary N) is 1. The van der Waals surface area contributed by atoms with Crippen LogP contribution in [-0.2, 0) is 12.6 Å². The molecule has 0 atom stereocenters. The first-order chi connectivity index (χ1) is 13.2. The average molecular weight is 386 g/mol. The van der Waals surface area contributed by atoms with Crippen LogP contribution in [0.1, 0.15) is 17.1 Å². The number of alkyl halides is 3. The van der Waals surface area contributed by atoms with Gasteiger partial charge in [-0.3, -0.25) is 5.10 Å². The van der Waals surface area contributed by atoms with E-state index in [1.807, 2.05) is 6.07 Å². The van der Waals surface area contributed by atoms with E-state index in [1.165, 1.54) is 18.5 Å². The first-order valence-corrected chi connectivity index (χ1v) is 8.30. The monoisotopic (exact) mass is 386 g/mol. The highest BCUT2D eigenvalue weighted by atomic mass is 19.4. The minimum absolute atomic E-state index is 0.132. The van der Waals surface area contributed by atoms with Gasteiger partial charge in [0.25, 0.3) is 5.82 Å². The van der Waals surface area contributed by atoms with Crippen LogP contribution < -0.4 is 10.9 Å². The molecule has 0 aliphatic heterocycles. The highest BCUT2D eigenvalue weighted by Gasteiger charge is 2.36. The molecule has 28 heavy (non-hydrogen) atoms. The highest BCUT2D eigenvalue weighted by molar-refractivity contribution is 6.38. The minimum Gasteiger partial charge on any atom is -0.303 e. The first kappa shape index (κ1) is 18.2. The van der Waals surface area contributed by atoms with Gasteiger partial charge < -0.3 is 4.40 Å². The van der Waals surface area contributed by atoms with Crippen molar-refractivity contribution < 1.29 is 17.6 Å². The van der Waals surface area contributed by atoms with Crippen LogP contribution in [0.4, 0.5) is 17.6 Å². The largest absolute Gasteiger partial charge is 0.453 e. The van der Waals surface area contributed by atoms with Crippen LogP contribution in [0.3, 0.4) is 0 Å². The van der Waals surface area contributed by atoms with E-state index >= 15 is 0 Å². The maximum Gasteiger partial charge on any atom is 0.453 e. The second-order valence-corrected chi connectivity index (χ2v) is 6.46. The Bertz CT molecular complexity index is 1160. The molecule has 0 unspecified atom stereocenters. The second-order valence-electron chi connectivity index (χ2n) is 6.46. The molecular formula is C16H12B2F4N6. The molecule has 6 nitrogen and oxygen atoms in total. The van der Waals surface area contributed by atoms with Gasteiger partial charge in [0.2, 0.25) is 0 Å². The number of hydrogen-bond donors (Lipinski definition) is 1. The zero-order chi connectivity index (χ0) is 20.1. The number of benzene rings is 1. The van der Waals surface area contributed by atoms with E-state index in [9.17, 15) is 17.6 Å². The zero-order valence-corrected chi connectivity index (χ0v) is 14.8. The number of hydrogen-bond acceptors (Lipinski definition) is 4. The summed E-state index contributed by atoms with van der Waals surface area (Å²) in [5.74, 6) is -1.78. The Morgan fingerprint density at radius 2 is 1.93 bits per heavy atom. The molecule has 4 aromatic rings. The lowest BCUT2D eigenvalue weighted by Gasteiger charge is -2.11. The summed E-state index contributed by atoms with van der Waals surface area (Å²) in [5.41, 5.74) is 3.06. The zero-order valence-electron chi connectivity index (χ0n) is 14.8. The Morgan fingerprint density at radius 1 is 1.14 bits per heavy atom. The number of rotatable bonds is 3. The molecule has 0 saturated carbocycles. The van der Waals surface area contributed by atoms with E-state index < -0.39 is 12.0 Å². The normalized spacial score (nSPS) is 12.0. The Hall–Kier alpha value is -3.17. The third kappa shape index (κ3) is 3.25. The van der Waals surface area contributed by atoms with E-state index in [1.54, 1.807) is 26.3 Å². The SMILES string of the molecule is Bc1cc(B)c(Cc2nc(-c3nc(C(F)(F)F)n[nH]3)cn3ccnc23)c(F)c1. The number of H-pyrrole nitrogens is 1. The van der Waals surface area contributed by atoms with Gasteiger partial charge in [0.05, 0.1) is 5.69 Å². The summed E-state index contributed by atoms with van der Waals surface area (Å²) in [6.07, 6.45) is 0.115. The van der Waals surface area contributed by atoms with Gasteiger partial charge in [-0.05, 0) is 11.6 Å². The molecular weight excluding hydrogens is 374 g/mol. The van der Waals surface area contributed by atoms with Gasteiger partial charge in [-0.25, -0.2) is 19.3 Å². The predicted octanol–water partition coefficient (Wildman–Crippen LogP) is -0.220. The molecule has 0 aliphatic rings. The summed E-state index contributed by atoms with van der Waals surface area (Å²) < 4.78 is 54.4. The predicted molar refractivity (Wildman–Crippen MR) is 98.9 cm³/mol. The number of aromatic amines is 1. The van der Waals surface area contributed by atoms with Crippen LogP contribution in [0.5, 0.6) is 0 Å². The number of aromatic nitrogens is 6. The maximum atomic E-state index is 14.5. The van der Waals surface area contributed by atoms with E-state index in [4.69, 9.17) is 0 Å². The molecule has 3 heterocycles. The molecule has 0 amide bonds. The van der Waals surface area contributed by atoms with Crippen molar-refractivity contribution in [2.75, 3.05) is 0 Å². The van der Waals surface area contributed by atoms with E-state index in [0.717, 1.165) is 10.9 Å². The number of nitrogens with zero attached hydrogens (tertiary/aromatic N) is 5. The molecule has 0 saturated heterocycles.